The van der Waals surface area contributed by atoms with E-state index >= 15 is 0 Å². The van der Waals surface area contributed by atoms with Gasteiger partial charge >= 0.3 is 0 Å². The second-order valence-electron chi connectivity index (χ2n) is 7.51. The maximum Gasteiger partial charge on any atom is 0.222 e. The third-order valence-electron chi connectivity index (χ3n) is 6.14. The van der Waals surface area contributed by atoms with E-state index in [4.69, 9.17) is 0 Å². The number of piperidine rings is 1. The molecule has 0 radical (unpaired) electrons. The normalized spacial score (nSPS) is 25.5. The van der Waals surface area contributed by atoms with Crippen LogP contribution in [0.25, 0.3) is 11.1 Å². The van der Waals surface area contributed by atoms with Crippen molar-refractivity contribution < 1.29 is 14.3 Å². The van der Waals surface area contributed by atoms with Crippen LogP contribution in [0.2, 0.25) is 0 Å². The average molecular weight is 339 g/mol. The molecule has 2 aliphatic rings. The van der Waals surface area contributed by atoms with Gasteiger partial charge in [-0.25, -0.2) is 4.39 Å². The van der Waals surface area contributed by atoms with Crippen molar-refractivity contribution in [1.82, 2.24) is 4.90 Å². The Hall–Kier alpha value is -2.36. The van der Waals surface area contributed by atoms with Crippen LogP contribution in [0.4, 0.5) is 4.39 Å². The van der Waals surface area contributed by atoms with E-state index in [1.54, 1.807) is 6.07 Å². The summed E-state index contributed by atoms with van der Waals surface area (Å²) in [6, 6.07) is 11.1. The quantitative estimate of drug-likeness (QED) is 0.852. The number of phenolic OH excluding ortho intramolecular Hbond substituents is 1. The SMILES string of the molecule is CN1C(=O)CC[C@]2(C)c3ccc(-c4ccc(O)c(F)c4)cc3CCC12. The molecule has 0 spiro atoms. The van der Waals surface area contributed by atoms with Crippen molar-refractivity contribution >= 4 is 5.91 Å². The fourth-order valence-corrected chi connectivity index (χ4v) is 4.65. The van der Waals surface area contributed by atoms with E-state index < -0.39 is 5.82 Å². The number of phenols is 1. The molecule has 1 amide bonds. The van der Waals surface area contributed by atoms with Gasteiger partial charge in [-0.3, -0.25) is 4.79 Å². The Morgan fingerprint density at radius 3 is 2.64 bits per heavy atom. The molecule has 130 valence electrons. The van der Waals surface area contributed by atoms with Gasteiger partial charge in [-0.2, -0.15) is 0 Å². The fraction of sp³-hybridized carbons (Fsp3) is 0.381. The molecular weight excluding hydrogens is 317 g/mol. The first-order chi connectivity index (χ1) is 11.9. The van der Waals surface area contributed by atoms with Gasteiger partial charge in [0, 0.05) is 24.9 Å². The van der Waals surface area contributed by atoms with E-state index in [1.165, 1.54) is 23.3 Å². The number of hydrogen-bond donors (Lipinski definition) is 1. The second kappa shape index (κ2) is 5.58. The molecule has 0 saturated carbocycles. The molecule has 1 aliphatic carbocycles. The lowest BCUT2D eigenvalue weighted by atomic mass is 9.63. The minimum Gasteiger partial charge on any atom is -0.505 e. The van der Waals surface area contributed by atoms with Crippen molar-refractivity contribution in [2.45, 2.75) is 44.1 Å². The van der Waals surface area contributed by atoms with Gasteiger partial charge in [0.05, 0.1) is 0 Å². The second-order valence-corrected chi connectivity index (χ2v) is 7.51. The molecule has 4 rings (SSSR count). The lowest BCUT2D eigenvalue weighted by Crippen LogP contribution is -2.56. The smallest absolute Gasteiger partial charge is 0.222 e. The molecule has 1 fully saturated rings. The first-order valence-electron chi connectivity index (χ1n) is 8.78. The molecule has 4 heteroatoms. The number of benzene rings is 2. The third kappa shape index (κ3) is 2.43. The van der Waals surface area contributed by atoms with Gasteiger partial charge in [0.2, 0.25) is 5.91 Å². The van der Waals surface area contributed by atoms with Gasteiger partial charge in [-0.1, -0.05) is 31.2 Å². The van der Waals surface area contributed by atoms with Crippen LogP contribution in [0.1, 0.15) is 37.3 Å². The minimum absolute atomic E-state index is 0.0189. The largest absolute Gasteiger partial charge is 0.505 e. The van der Waals surface area contributed by atoms with Crippen LogP contribution in [0.3, 0.4) is 0 Å². The predicted molar refractivity (Wildman–Crippen MR) is 95.0 cm³/mol. The molecule has 1 aliphatic heterocycles. The molecule has 2 aromatic carbocycles. The highest BCUT2D eigenvalue weighted by Gasteiger charge is 2.46. The molecule has 1 saturated heterocycles. The van der Waals surface area contributed by atoms with Gasteiger partial charge in [0.25, 0.3) is 0 Å². The first kappa shape index (κ1) is 16.1. The van der Waals surface area contributed by atoms with E-state index in [2.05, 4.69) is 19.1 Å². The standard InChI is InChI=1S/C21H22FNO2/c1-21-10-9-20(25)23(2)19(21)8-5-15-11-13(3-6-16(15)21)14-4-7-18(24)17(22)12-14/h3-4,6-7,11-12,19,24H,5,8-10H2,1-2H3/t19?,21-/m1/s1. The van der Waals surface area contributed by atoms with E-state index in [0.29, 0.717) is 6.42 Å². The molecule has 2 aromatic rings. The highest BCUT2D eigenvalue weighted by Crippen LogP contribution is 2.46. The monoisotopic (exact) mass is 339 g/mol. The van der Waals surface area contributed by atoms with Gasteiger partial charge in [-0.15, -0.1) is 0 Å². The topological polar surface area (TPSA) is 40.5 Å². The first-order valence-corrected chi connectivity index (χ1v) is 8.78. The highest BCUT2D eigenvalue weighted by molar-refractivity contribution is 5.78. The third-order valence-corrected chi connectivity index (χ3v) is 6.14. The van der Waals surface area contributed by atoms with Gasteiger partial charge in [0.1, 0.15) is 0 Å². The molecule has 0 aromatic heterocycles. The maximum absolute atomic E-state index is 13.7. The lowest BCUT2D eigenvalue weighted by Gasteiger charge is -2.50. The Bertz CT molecular complexity index is 863. The Kier molecular flexibility index (Phi) is 3.60. The van der Waals surface area contributed by atoms with Crippen molar-refractivity contribution in [2.75, 3.05) is 7.05 Å². The predicted octanol–water partition coefficient (Wildman–Crippen LogP) is 4.02. The number of aromatic hydroxyl groups is 1. The van der Waals surface area contributed by atoms with Crippen LogP contribution in [0, 0.1) is 5.82 Å². The Morgan fingerprint density at radius 2 is 1.88 bits per heavy atom. The Labute approximate surface area is 147 Å². The van der Waals surface area contributed by atoms with Gasteiger partial charge in [0.15, 0.2) is 11.6 Å². The van der Waals surface area contributed by atoms with Crippen molar-refractivity contribution in [2.24, 2.45) is 0 Å². The summed E-state index contributed by atoms with van der Waals surface area (Å²) in [5, 5.41) is 9.39. The number of likely N-dealkylation sites (tertiary alicyclic amines) is 1. The van der Waals surface area contributed by atoms with Crippen molar-refractivity contribution in [3.8, 4) is 16.9 Å². The number of rotatable bonds is 1. The van der Waals surface area contributed by atoms with Crippen LogP contribution in [-0.4, -0.2) is 29.0 Å². The summed E-state index contributed by atoms with van der Waals surface area (Å²) in [6.07, 6.45) is 3.34. The number of halogens is 1. The number of likely N-dealkylation sites (N-methyl/N-ethyl adjacent to an activating group) is 1. The molecule has 0 bridgehead atoms. The number of carbonyl (C=O) groups excluding carboxylic acids is 1. The summed E-state index contributed by atoms with van der Waals surface area (Å²) in [7, 11) is 1.92. The van der Waals surface area contributed by atoms with Crippen LogP contribution < -0.4 is 0 Å². The molecule has 1 N–H and O–H groups in total. The van der Waals surface area contributed by atoms with Crippen LogP contribution in [0.5, 0.6) is 5.75 Å². The number of fused-ring (bicyclic) bond motifs is 3. The van der Waals surface area contributed by atoms with Crippen molar-refractivity contribution in [3.63, 3.8) is 0 Å². The number of aryl methyl sites for hydroxylation is 1. The summed E-state index contributed by atoms with van der Waals surface area (Å²) >= 11 is 0. The molecular formula is C21H22FNO2. The van der Waals surface area contributed by atoms with E-state index in [0.717, 1.165) is 30.4 Å². The van der Waals surface area contributed by atoms with Crippen molar-refractivity contribution in [1.29, 1.82) is 0 Å². The molecule has 3 nitrogen and oxygen atoms in total. The summed E-state index contributed by atoms with van der Waals surface area (Å²) in [6.45, 7) is 2.26. The van der Waals surface area contributed by atoms with E-state index in [-0.39, 0.29) is 23.1 Å². The zero-order valence-electron chi connectivity index (χ0n) is 14.6. The number of hydrogen-bond acceptors (Lipinski definition) is 2. The van der Waals surface area contributed by atoms with Crippen molar-refractivity contribution in [3.05, 3.63) is 53.3 Å². The number of amides is 1. The zero-order valence-corrected chi connectivity index (χ0v) is 14.6. The van der Waals surface area contributed by atoms with Gasteiger partial charge in [-0.05, 0) is 53.6 Å². The van der Waals surface area contributed by atoms with Crippen LogP contribution in [0.15, 0.2) is 36.4 Å². The molecule has 2 atom stereocenters. The van der Waals surface area contributed by atoms with Crippen LogP contribution in [-0.2, 0) is 16.6 Å². The highest BCUT2D eigenvalue weighted by atomic mass is 19.1. The minimum atomic E-state index is -0.602. The molecule has 1 unspecified atom stereocenters. The van der Waals surface area contributed by atoms with Gasteiger partial charge < -0.3 is 10.0 Å². The molecule has 25 heavy (non-hydrogen) atoms. The maximum atomic E-state index is 13.7. The summed E-state index contributed by atoms with van der Waals surface area (Å²) in [4.78, 5) is 14.0. The number of carbonyl (C=O) groups is 1. The zero-order chi connectivity index (χ0) is 17.8. The van der Waals surface area contributed by atoms with E-state index in [1.807, 2.05) is 18.0 Å². The average Bonchev–Trinajstić information content (AvgIpc) is 2.60. The molecule has 1 heterocycles. The Morgan fingerprint density at radius 1 is 1.16 bits per heavy atom. The Balaban J connectivity index is 1.75. The van der Waals surface area contributed by atoms with Crippen LogP contribution >= 0.6 is 0 Å². The lowest BCUT2D eigenvalue weighted by molar-refractivity contribution is -0.138. The number of nitrogens with zero attached hydrogens (tertiary/aromatic N) is 1. The summed E-state index contributed by atoms with van der Waals surface area (Å²) in [5.41, 5.74) is 4.30. The fourth-order valence-electron chi connectivity index (χ4n) is 4.65. The summed E-state index contributed by atoms with van der Waals surface area (Å²) in [5.74, 6) is -0.691. The summed E-state index contributed by atoms with van der Waals surface area (Å²) < 4.78 is 13.7. The van der Waals surface area contributed by atoms with E-state index in [9.17, 15) is 14.3 Å².